The second-order valence-corrected chi connectivity index (χ2v) is 3.82. The zero-order valence-corrected chi connectivity index (χ0v) is 9.11. The number of amides is 3. The zero-order chi connectivity index (χ0) is 12.6. The number of benzene rings is 1. The van der Waals surface area contributed by atoms with E-state index in [2.05, 4.69) is 10.6 Å². The van der Waals surface area contributed by atoms with E-state index in [9.17, 15) is 14.4 Å². The molecule has 4 N–H and O–H groups in total. The summed E-state index contributed by atoms with van der Waals surface area (Å²) in [6.45, 7) is 1.55. The lowest BCUT2D eigenvalue weighted by Crippen LogP contribution is -2.32. The van der Waals surface area contributed by atoms with Gasteiger partial charge in [0.2, 0.25) is 5.91 Å². The molecule has 0 fully saturated rings. The minimum Gasteiger partial charge on any atom is -0.325 e. The molecule has 3 amide bonds. The van der Waals surface area contributed by atoms with Crippen molar-refractivity contribution in [2.75, 3.05) is 5.32 Å². The Morgan fingerprint density at radius 3 is 2.59 bits per heavy atom. The van der Waals surface area contributed by atoms with E-state index in [0.29, 0.717) is 11.3 Å². The zero-order valence-electron chi connectivity index (χ0n) is 9.11. The van der Waals surface area contributed by atoms with Gasteiger partial charge in [0.1, 0.15) is 0 Å². The van der Waals surface area contributed by atoms with Crippen LogP contribution in [0.2, 0.25) is 0 Å². The van der Waals surface area contributed by atoms with Gasteiger partial charge in [0.15, 0.2) is 0 Å². The molecule has 88 valence electrons. The number of carbonyl (C=O) groups is 3. The Bertz CT molecular complexity index is 523. The van der Waals surface area contributed by atoms with Gasteiger partial charge < -0.3 is 11.1 Å². The molecule has 2 rings (SSSR count). The molecule has 1 atom stereocenters. The molecule has 1 unspecified atom stereocenters. The van der Waals surface area contributed by atoms with Crippen molar-refractivity contribution < 1.29 is 14.4 Å². The highest BCUT2D eigenvalue weighted by Crippen LogP contribution is 2.20. The van der Waals surface area contributed by atoms with Gasteiger partial charge in [-0.1, -0.05) is 0 Å². The number of imide groups is 1. The van der Waals surface area contributed by atoms with Crippen LogP contribution in [0, 0.1) is 0 Å². The summed E-state index contributed by atoms with van der Waals surface area (Å²) in [6, 6.07) is 3.86. The number of nitrogens with two attached hydrogens (primary N) is 1. The maximum Gasteiger partial charge on any atom is 0.259 e. The average Bonchev–Trinajstić information content (AvgIpc) is 2.54. The first-order valence-electron chi connectivity index (χ1n) is 5.05. The van der Waals surface area contributed by atoms with Crippen LogP contribution in [0.25, 0.3) is 0 Å². The van der Waals surface area contributed by atoms with E-state index in [1.54, 1.807) is 13.0 Å². The van der Waals surface area contributed by atoms with Gasteiger partial charge in [-0.3, -0.25) is 19.7 Å². The summed E-state index contributed by atoms with van der Waals surface area (Å²) < 4.78 is 0. The molecular weight excluding hydrogens is 222 g/mol. The van der Waals surface area contributed by atoms with Crippen LogP contribution in [-0.4, -0.2) is 23.8 Å². The summed E-state index contributed by atoms with van der Waals surface area (Å²) in [5, 5.41) is 4.72. The molecule has 1 heterocycles. The lowest BCUT2D eigenvalue weighted by molar-refractivity contribution is -0.117. The smallest absolute Gasteiger partial charge is 0.259 e. The summed E-state index contributed by atoms with van der Waals surface area (Å²) >= 11 is 0. The van der Waals surface area contributed by atoms with Gasteiger partial charge in [0.05, 0.1) is 17.2 Å². The standard InChI is InChI=1S/C11H11N3O3/c1-5(12)9(15)13-6-2-3-7-8(4-6)11(17)14-10(7)16/h2-5H,12H2,1H3,(H,13,15)(H,14,16,17). The predicted octanol–water partition coefficient (Wildman–Crippen LogP) is -0.144. The summed E-state index contributed by atoms with van der Waals surface area (Å²) in [4.78, 5) is 34.0. The maximum absolute atomic E-state index is 11.4. The van der Waals surface area contributed by atoms with Crippen LogP contribution in [0.1, 0.15) is 27.6 Å². The van der Waals surface area contributed by atoms with Crippen molar-refractivity contribution in [2.45, 2.75) is 13.0 Å². The number of rotatable bonds is 2. The van der Waals surface area contributed by atoms with E-state index in [1.807, 2.05) is 0 Å². The van der Waals surface area contributed by atoms with E-state index in [4.69, 9.17) is 5.73 Å². The third-order valence-electron chi connectivity index (χ3n) is 2.42. The number of hydrogen-bond donors (Lipinski definition) is 3. The van der Waals surface area contributed by atoms with E-state index >= 15 is 0 Å². The molecule has 0 spiro atoms. The molecular formula is C11H11N3O3. The molecule has 1 aliphatic rings. The second kappa shape index (κ2) is 3.99. The quantitative estimate of drug-likeness (QED) is 0.618. The lowest BCUT2D eigenvalue weighted by Gasteiger charge is -2.08. The summed E-state index contributed by atoms with van der Waals surface area (Å²) in [5.74, 6) is -1.23. The van der Waals surface area contributed by atoms with E-state index in [1.165, 1.54) is 12.1 Å². The van der Waals surface area contributed by atoms with E-state index in [-0.39, 0.29) is 11.5 Å². The molecule has 1 aromatic carbocycles. The van der Waals surface area contributed by atoms with Crippen molar-refractivity contribution in [2.24, 2.45) is 5.73 Å². The third-order valence-corrected chi connectivity index (χ3v) is 2.42. The molecule has 0 radical (unpaired) electrons. The third kappa shape index (κ3) is 2.02. The first-order chi connectivity index (χ1) is 7.99. The number of carbonyl (C=O) groups excluding carboxylic acids is 3. The van der Waals surface area contributed by atoms with Crippen LogP contribution in [0.15, 0.2) is 18.2 Å². The van der Waals surface area contributed by atoms with Crippen LogP contribution in [-0.2, 0) is 4.79 Å². The maximum atomic E-state index is 11.4. The first kappa shape index (κ1) is 11.3. The Labute approximate surface area is 97.2 Å². The van der Waals surface area contributed by atoms with Crippen LogP contribution < -0.4 is 16.4 Å². The Hall–Kier alpha value is -2.21. The minimum atomic E-state index is -0.640. The Morgan fingerprint density at radius 2 is 1.94 bits per heavy atom. The molecule has 0 aromatic heterocycles. The highest BCUT2D eigenvalue weighted by atomic mass is 16.2. The number of anilines is 1. The molecule has 0 saturated carbocycles. The van der Waals surface area contributed by atoms with Gasteiger partial charge in [-0.05, 0) is 25.1 Å². The summed E-state index contributed by atoms with van der Waals surface area (Å²) in [7, 11) is 0. The average molecular weight is 233 g/mol. The largest absolute Gasteiger partial charge is 0.325 e. The van der Waals surface area contributed by atoms with Crippen molar-refractivity contribution in [3.8, 4) is 0 Å². The number of fused-ring (bicyclic) bond motifs is 1. The fourth-order valence-corrected chi connectivity index (χ4v) is 1.50. The number of nitrogens with one attached hydrogen (secondary N) is 2. The summed E-state index contributed by atoms with van der Waals surface area (Å²) in [5.41, 5.74) is 6.42. The lowest BCUT2D eigenvalue weighted by atomic mass is 10.1. The Morgan fingerprint density at radius 1 is 1.29 bits per heavy atom. The van der Waals surface area contributed by atoms with Crippen LogP contribution >= 0.6 is 0 Å². The molecule has 6 heteroatoms. The molecule has 0 bridgehead atoms. The van der Waals surface area contributed by atoms with Gasteiger partial charge in [0, 0.05) is 5.69 Å². The fourth-order valence-electron chi connectivity index (χ4n) is 1.50. The molecule has 1 aliphatic heterocycles. The monoisotopic (exact) mass is 233 g/mol. The first-order valence-corrected chi connectivity index (χ1v) is 5.05. The highest BCUT2D eigenvalue weighted by molar-refractivity contribution is 6.22. The van der Waals surface area contributed by atoms with Gasteiger partial charge in [-0.25, -0.2) is 0 Å². The highest BCUT2D eigenvalue weighted by Gasteiger charge is 2.26. The molecule has 1 aromatic rings. The second-order valence-electron chi connectivity index (χ2n) is 3.82. The normalized spacial score (nSPS) is 15.2. The van der Waals surface area contributed by atoms with Gasteiger partial charge >= 0.3 is 0 Å². The molecule has 0 saturated heterocycles. The van der Waals surface area contributed by atoms with Crippen molar-refractivity contribution in [3.05, 3.63) is 29.3 Å². The van der Waals surface area contributed by atoms with Crippen LogP contribution in [0.3, 0.4) is 0 Å². The summed E-state index contributed by atoms with van der Waals surface area (Å²) in [6.07, 6.45) is 0. The molecule has 6 nitrogen and oxygen atoms in total. The van der Waals surface area contributed by atoms with Gasteiger partial charge in [-0.2, -0.15) is 0 Å². The van der Waals surface area contributed by atoms with Crippen molar-refractivity contribution in [1.82, 2.24) is 5.32 Å². The molecule has 0 aliphatic carbocycles. The topological polar surface area (TPSA) is 101 Å². The number of hydrogen-bond acceptors (Lipinski definition) is 4. The van der Waals surface area contributed by atoms with Crippen LogP contribution in [0.5, 0.6) is 0 Å². The van der Waals surface area contributed by atoms with Crippen molar-refractivity contribution in [1.29, 1.82) is 0 Å². The fraction of sp³-hybridized carbons (Fsp3) is 0.182. The van der Waals surface area contributed by atoms with Gasteiger partial charge in [0.25, 0.3) is 11.8 Å². The Kier molecular flexibility index (Phi) is 2.64. The van der Waals surface area contributed by atoms with Crippen molar-refractivity contribution in [3.63, 3.8) is 0 Å². The van der Waals surface area contributed by atoms with Gasteiger partial charge in [-0.15, -0.1) is 0 Å². The van der Waals surface area contributed by atoms with Crippen molar-refractivity contribution >= 4 is 23.4 Å². The van der Waals surface area contributed by atoms with E-state index in [0.717, 1.165) is 0 Å². The predicted molar refractivity (Wildman–Crippen MR) is 60.5 cm³/mol. The van der Waals surface area contributed by atoms with Crippen LogP contribution in [0.4, 0.5) is 5.69 Å². The molecule has 17 heavy (non-hydrogen) atoms. The Balaban J connectivity index is 2.29. The SMILES string of the molecule is CC(N)C(=O)Nc1ccc2c(c1)C(=O)NC2=O. The minimum absolute atomic E-state index is 0.262. The van der Waals surface area contributed by atoms with E-state index < -0.39 is 17.9 Å².